The summed E-state index contributed by atoms with van der Waals surface area (Å²) < 4.78 is 5.23. The standard InChI is InChI=1S/C22H16O3/c23-21(24)14-25-18-11-9-15(10-12-18)22-19-7-3-1-5-16(19)13-17-6-2-4-8-20(17)22/h1-13H,14H2,(H,23,24). The third-order valence-electron chi connectivity index (χ3n) is 4.28. The molecule has 0 bridgehead atoms. The summed E-state index contributed by atoms with van der Waals surface area (Å²) in [5.41, 5.74) is 2.26. The van der Waals surface area contributed by atoms with E-state index in [0.29, 0.717) is 5.75 Å². The lowest BCUT2D eigenvalue weighted by atomic mass is 9.92. The second-order valence-corrected chi connectivity index (χ2v) is 5.90. The first-order valence-corrected chi connectivity index (χ1v) is 8.08. The Morgan fingerprint density at radius 3 is 1.92 bits per heavy atom. The van der Waals surface area contributed by atoms with E-state index >= 15 is 0 Å². The molecule has 0 aliphatic heterocycles. The fraction of sp³-hybridized carbons (Fsp3) is 0.0455. The van der Waals surface area contributed by atoms with Crippen molar-refractivity contribution in [3.05, 3.63) is 78.9 Å². The molecule has 0 heterocycles. The summed E-state index contributed by atoms with van der Waals surface area (Å²) in [4.78, 5) is 10.6. The van der Waals surface area contributed by atoms with Crippen LogP contribution in [0.5, 0.6) is 5.75 Å². The predicted octanol–water partition coefficient (Wildman–Crippen LogP) is 5.12. The van der Waals surface area contributed by atoms with Crippen molar-refractivity contribution in [3.63, 3.8) is 0 Å². The van der Waals surface area contributed by atoms with E-state index in [0.717, 1.165) is 5.56 Å². The normalized spacial score (nSPS) is 10.9. The molecule has 0 saturated heterocycles. The van der Waals surface area contributed by atoms with Gasteiger partial charge in [0.25, 0.3) is 0 Å². The second kappa shape index (κ2) is 6.29. The number of ether oxygens (including phenoxy) is 1. The van der Waals surface area contributed by atoms with Crippen LogP contribution in [0, 0.1) is 0 Å². The lowest BCUT2D eigenvalue weighted by Gasteiger charge is -2.12. The molecule has 4 aromatic rings. The maximum absolute atomic E-state index is 10.6. The molecule has 4 aromatic carbocycles. The molecule has 122 valence electrons. The van der Waals surface area contributed by atoms with E-state index in [1.54, 1.807) is 0 Å². The third kappa shape index (κ3) is 2.92. The first kappa shape index (κ1) is 15.2. The van der Waals surface area contributed by atoms with Crippen molar-refractivity contribution in [1.82, 2.24) is 0 Å². The largest absolute Gasteiger partial charge is 0.482 e. The van der Waals surface area contributed by atoms with Crippen molar-refractivity contribution >= 4 is 27.5 Å². The molecule has 3 heteroatoms. The van der Waals surface area contributed by atoms with Gasteiger partial charge in [0.15, 0.2) is 6.61 Å². The summed E-state index contributed by atoms with van der Waals surface area (Å²) in [6, 6.07) is 26.5. The molecular weight excluding hydrogens is 312 g/mol. The molecule has 0 atom stereocenters. The minimum Gasteiger partial charge on any atom is -0.482 e. The lowest BCUT2D eigenvalue weighted by Crippen LogP contribution is -2.09. The smallest absolute Gasteiger partial charge is 0.341 e. The van der Waals surface area contributed by atoms with Gasteiger partial charge >= 0.3 is 5.97 Å². The summed E-state index contributed by atoms with van der Waals surface area (Å²) >= 11 is 0. The Morgan fingerprint density at radius 1 is 0.800 bits per heavy atom. The summed E-state index contributed by atoms with van der Waals surface area (Å²) in [5.74, 6) is -0.431. The van der Waals surface area contributed by atoms with Gasteiger partial charge in [-0.2, -0.15) is 0 Å². The zero-order valence-corrected chi connectivity index (χ0v) is 13.5. The first-order valence-electron chi connectivity index (χ1n) is 8.08. The summed E-state index contributed by atoms with van der Waals surface area (Å²) in [6.45, 7) is -0.337. The van der Waals surface area contributed by atoms with Gasteiger partial charge in [-0.25, -0.2) is 4.79 Å². The molecule has 1 N–H and O–H groups in total. The molecule has 0 aromatic heterocycles. The SMILES string of the molecule is O=C(O)COc1ccc(-c2c3ccccc3cc3ccccc23)cc1. The molecule has 4 rings (SSSR count). The van der Waals surface area contributed by atoms with Crippen LogP contribution >= 0.6 is 0 Å². The molecule has 0 amide bonds. The number of rotatable bonds is 4. The number of hydrogen-bond donors (Lipinski definition) is 1. The number of hydrogen-bond acceptors (Lipinski definition) is 2. The molecule has 25 heavy (non-hydrogen) atoms. The lowest BCUT2D eigenvalue weighted by molar-refractivity contribution is -0.139. The summed E-state index contributed by atoms with van der Waals surface area (Å²) in [7, 11) is 0. The van der Waals surface area contributed by atoms with Gasteiger partial charge in [0, 0.05) is 0 Å². The highest BCUT2D eigenvalue weighted by Gasteiger charge is 2.10. The van der Waals surface area contributed by atoms with E-state index < -0.39 is 5.97 Å². The van der Waals surface area contributed by atoms with Gasteiger partial charge in [0.05, 0.1) is 0 Å². The number of aliphatic carboxylic acids is 1. The van der Waals surface area contributed by atoms with Crippen LogP contribution in [0.2, 0.25) is 0 Å². The van der Waals surface area contributed by atoms with Crippen molar-refractivity contribution in [2.75, 3.05) is 6.61 Å². The maximum Gasteiger partial charge on any atom is 0.341 e. The number of carboxylic acid groups (broad SMARTS) is 1. The molecule has 3 nitrogen and oxygen atoms in total. The van der Waals surface area contributed by atoms with Crippen molar-refractivity contribution in [3.8, 4) is 16.9 Å². The van der Waals surface area contributed by atoms with Crippen LogP contribution in [0.4, 0.5) is 0 Å². The van der Waals surface area contributed by atoms with E-state index in [9.17, 15) is 4.79 Å². The van der Waals surface area contributed by atoms with Crippen LogP contribution in [0.1, 0.15) is 0 Å². The van der Waals surface area contributed by atoms with E-state index in [4.69, 9.17) is 9.84 Å². The average molecular weight is 328 g/mol. The van der Waals surface area contributed by atoms with Crippen molar-refractivity contribution < 1.29 is 14.6 Å². The second-order valence-electron chi connectivity index (χ2n) is 5.90. The van der Waals surface area contributed by atoms with Gasteiger partial charge in [0.2, 0.25) is 0 Å². The Hall–Kier alpha value is -3.33. The maximum atomic E-state index is 10.6. The van der Waals surface area contributed by atoms with E-state index in [1.807, 2.05) is 48.5 Å². The van der Waals surface area contributed by atoms with E-state index in [2.05, 4.69) is 30.3 Å². The minimum atomic E-state index is -0.982. The van der Waals surface area contributed by atoms with Gasteiger partial charge in [-0.05, 0) is 50.9 Å². The van der Waals surface area contributed by atoms with E-state index in [1.165, 1.54) is 27.1 Å². The Labute approximate surface area is 145 Å². The molecule has 0 saturated carbocycles. The molecule has 0 fully saturated rings. The summed E-state index contributed by atoms with van der Waals surface area (Å²) in [5, 5.41) is 13.5. The van der Waals surface area contributed by atoms with Crippen LogP contribution in [0.15, 0.2) is 78.9 Å². The predicted molar refractivity (Wildman–Crippen MR) is 100 cm³/mol. The molecule has 0 radical (unpaired) electrons. The van der Waals surface area contributed by atoms with Crippen LogP contribution in [0.3, 0.4) is 0 Å². The highest BCUT2D eigenvalue weighted by Crippen LogP contribution is 2.36. The Morgan fingerprint density at radius 2 is 1.36 bits per heavy atom. The third-order valence-corrected chi connectivity index (χ3v) is 4.28. The van der Waals surface area contributed by atoms with Crippen LogP contribution in [0.25, 0.3) is 32.7 Å². The van der Waals surface area contributed by atoms with Crippen molar-refractivity contribution in [2.24, 2.45) is 0 Å². The summed E-state index contributed by atoms with van der Waals surface area (Å²) in [6.07, 6.45) is 0. The Bertz CT molecular complexity index is 1010. The fourth-order valence-electron chi connectivity index (χ4n) is 3.19. The van der Waals surface area contributed by atoms with Gasteiger partial charge in [-0.15, -0.1) is 0 Å². The average Bonchev–Trinajstić information content (AvgIpc) is 2.65. The number of carboxylic acids is 1. The quantitative estimate of drug-likeness (QED) is 0.529. The number of carbonyl (C=O) groups is 1. The fourth-order valence-corrected chi connectivity index (χ4v) is 3.19. The molecule has 0 aliphatic rings. The van der Waals surface area contributed by atoms with Gasteiger partial charge < -0.3 is 9.84 Å². The Balaban J connectivity index is 1.88. The Kier molecular flexibility index (Phi) is 3.82. The van der Waals surface area contributed by atoms with Crippen LogP contribution < -0.4 is 4.74 Å². The van der Waals surface area contributed by atoms with Gasteiger partial charge in [0.1, 0.15) is 5.75 Å². The highest BCUT2D eigenvalue weighted by atomic mass is 16.5. The molecule has 0 spiro atoms. The molecule has 0 aliphatic carbocycles. The van der Waals surface area contributed by atoms with E-state index in [-0.39, 0.29) is 6.61 Å². The van der Waals surface area contributed by atoms with Crippen LogP contribution in [-0.4, -0.2) is 17.7 Å². The van der Waals surface area contributed by atoms with Gasteiger partial charge in [-0.3, -0.25) is 0 Å². The zero-order valence-electron chi connectivity index (χ0n) is 13.5. The van der Waals surface area contributed by atoms with Crippen molar-refractivity contribution in [1.29, 1.82) is 0 Å². The molecular formula is C22H16O3. The number of benzene rings is 4. The van der Waals surface area contributed by atoms with Crippen LogP contribution in [-0.2, 0) is 4.79 Å². The highest BCUT2D eigenvalue weighted by molar-refractivity contribution is 6.12. The zero-order chi connectivity index (χ0) is 17.2. The topological polar surface area (TPSA) is 46.5 Å². The number of fused-ring (bicyclic) bond motifs is 2. The molecule has 0 unspecified atom stereocenters. The minimum absolute atomic E-state index is 0.337. The first-order chi connectivity index (χ1) is 12.2. The monoisotopic (exact) mass is 328 g/mol. The van der Waals surface area contributed by atoms with Gasteiger partial charge in [-0.1, -0.05) is 60.7 Å². The van der Waals surface area contributed by atoms with Crippen molar-refractivity contribution in [2.45, 2.75) is 0 Å².